The van der Waals surface area contributed by atoms with Crippen LogP contribution in [-0.4, -0.2) is 60.7 Å². The number of piperazine rings is 1. The average Bonchev–Trinajstić information content (AvgIpc) is 3.15. The topological polar surface area (TPSA) is 79.3 Å². The Labute approximate surface area is 162 Å². The van der Waals surface area contributed by atoms with E-state index in [4.69, 9.17) is 0 Å². The fraction of sp³-hybridized carbons (Fsp3) is 0.389. The van der Waals surface area contributed by atoms with E-state index in [0.717, 1.165) is 38.0 Å². The van der Waals surface area contributed by atoms with E-state index >= 15 is 0 Å². The molecule has 1 saturated heterocycles. The summed E-state index contributed by atoms with van der Waals surface area (Å²) in [5.41, 5.74) is 4.21. The summed E-state index contributed by atoms with van der Waals surface area (Å²) in [7, 11) is -3.27. The number of aromatic nitrogens is 3. The van der Waals surface area contributed by atoms with E-state index in [-0.39, 0.29) is 4.90 Å². The standard InChI is InChI=1S/C18H21N5O2S2/c1-13(14-3-4-17-16(9-14)21-12-26-17)22-5-7-23(8-6-22)18-19-10-15(11-20-18)27(2,24)25/h3-4,9-13H,5-8H2,1-2H3. The van der Waals surface area contributed by atoms with Gasteiger partial charge in [-0.1, -0.05) is 6.07 Å². The monoisotopic (exact) mass is 403 g/mol. The van der Waals surface area contributed by atoms with Gasteiger partial charge in [-0.25, -0.2) is 23.4 Å². The molecule has 1 aliphatic rings. The lowest BCUT2D eigenvalue weighted by Crippen LogP contribution is -2.47. The van der Waals surface area contributed by atoms with Gasteiger partial charge in [0.25, 0.3) is 0 Å². The predicted octanol–water partition coefficient (Wildman–Crippen LogP) is 2.37. The third kappa shape index (κ3) is 3.80. The molecule has 3 heterocycles. The van der Waals surface area contributed by atoms with E-state index in [1.165, 1.54) is 22.7 Å². The fourth-order valence-electron chi connectivity index (χ4n) is 3.32. The van der Waals surface area contributed by atoms with Crippen molar-refractivity contribution in [3.63, 3.8) is 0 Å². The van der Waals surface area contributed by atoms with Gasteiger partial charge >= 0.3 is 0 Å². The molecule has 1 aromatic carbocycles. The van der Waals surface area contributed by atoms with Gasteiger partial charge in [-0.3, -0.25) is 4.90 Å². The second-order valence-corrected chi connectivity index (χ2v) is 9.67. The quantitative estimate of drug-likeness (QED) is 0.662. The van der Waals surface area contributed by atoms with Crippen LogP contribution < -0.4 is 4.90 Å². The number of nitrogens with zero attached hydrogens (tertiary/aromatic N) is 5. The molecule has 1 unspecified atom stereocenters. The van der Waals surface area contributed by atoms with Crippen molar-refractivity contribution in [2.24, 2.45) is 0 Å². The fourth-order valence-corrected chi connectivity index (χ4v) is 4.47. The first kappa shape index (κ1) is 18.3. The molecule has 2 aromatic heterocycles. The van der Waals surface area contributed by atoms with Gasteiger partial charge in [0.05, 0.1) is 28.1 Å². The minimum Gasteiger partial charge on any atom is -0.338 e. The van der Waals surface area contributed by atoms with Gasteiger partial charge in [0, 0.05) is 38.5 Å². The zero-order chi connectivity index (χ0) is 19.0. The third-order valence-electron chi connectivity index (χ3n) is 5.02. The maximum absolute atomic E-state index is 11.5. The Balaban J connectivity index is 1.42. The second kappa shape index (κ2) is 7.14. The molecule has 9 heteroatoms. The molecule has 1 atom stereocenters. The maximum atomic E-state index is 11.5. The van der Waals surface area contributed by atoms with Gasteiger partial charge < -0.3 is 4.90 Å². The van der Waals surface area contributed by atoms with Crippen molar-refractivity contribution in [2.75, 3.05) is 37.3 Å². The van der Waals surface area contributed by atoms with Crippen LogP contribution >= 0.6 is 11.3 Å². The molecule has 0 radical (unpaired) electrons. The molecule has 1 fully saturated rings. The molecule has 3 aromatic rings. The Morgan fingerprint density at radius 3 is 2.44 bits per heavy atom. The number of rotatable bonds is 4. The maximum Gasteiger partial charge on any atom is 0.225 e. The van der Waals surface area contributed by atoms with Crippen LogP contribution in [-0.2, 0) is 9.84 Å². The first-order chi connectivity index (χ1) is 12.9. The van der Waals surface area contributed by atoms with E-state index in [0.29, 0.717) is 12.0 Å². The normalized spacial score (nSPS) is 17.3. The zero-order valence-electron chi connectivity index (χ0n) is 15.2. The van der Waals surface area contributed by atoms with Crippen LogP contribution in [0.3, 0.4) is 0 Å². The van der Waals surface area contributed by atoms with Gasteiger partial charge in [-0.2, -0.15) is 0 Å². The highest BCUT2D eigenvalue weighted by Gasteiger charge is 2.24. The third-order valence-corrected chi connectivity index (χ3v) is 6.90. The van der Waals surface area contributed by atoms with Gasteiger partial charge in [-0.15, -0.1) is 11.3 Å². The smallest absolute Gasteiger partial charge is 0.225 e. The summed E-state index contributed by atoms with van der Waals surface area (Å²) in [6, 6.07) is 6.82. The van der Waals surface area contributed by atoms with Crippen molar-refractivity contribution in [2.45, 2.75) is 17.9 Å². The van der Waals surface area contributed by atoms with E-state index in [2.05, 4.69) is 49.9 Å². The molecule has 7 nitrogen and oxygen atoms in total. The second-order valence-electron chi connectivity index (χ2n) is 6.77. The summed E-state index contributed by atoms with van der Waals surface area (Å²) in [6.45, 7) is 5.63. The molecule has 4 rings (SSSR count). The van der Waals surface area contributed by atoms with Crippen LogP contribution in [0.5, 0.6) is 0 Å². The SMILES string of the molecule is CC(c1ccc2scnc2c1)N1CCN(c2ncc(S(C)(=O)=O)cn2)CC1. The lowest BCUT2D eigenvalue weighted by molar-refractivity contribution is 0.198. The largest absolute Gasteiger partial charge is 0.338 e. The molecule has 0 aliphatic carbocycles. The summed E-state index contributed by atoms with van der Waals surface area (Å²) >= 11 is 1.66. The summed E-state index contributed by atoms with van der Waals surface area (Å²) < 4.78 is 24.3. The summed E-state index contributed by atoms with van der Waals surface area (Å²) in [4.78, 5) is 17.6. The van der Waals surface area contributed by atoms with Crippen LogP contribution in [0.4, 0.5) is 5.95 Å². The highest BCUT2D eigenvalue weighted by molar-refractivity contribution is 7.90. The molecule has 0 bridgehead atoms. The zero-order valence-corrected chi connectivity index (χ0v) is 16.9. The molecule has 0 spiro atoms. The lowest BCUT2D eigenvalue weighted by Gasteiger charge is -2.38. The van der Waals surface area contributed by atoms with Crippen molar-refractivity contribution in [1.82, 2.24) is 19.9 Å². The predicted molar refractivity (Wildman–Crippen MR) is 107 cm³/mol. The Kier molecular flexibility index (Phi) is 4.83. The average molecular weight is 404 g/mol. The van der Waals surface area contributed by atoms with Crippen LogP contribution in [0.25, 0.3) is 10.2 Å². The van der Waals surface area contributed by atoms with E-state index in [1.54, 1.807) is 11.3 Å². The lowest BCUT2D eigenvalue weighted by atomic mass is 10.1. The number of sulfone groups is 1. The minimum atomic E-state index is -3.27. The molecule has 1 aliphatic heterocycles. The summed E-state index contributed by atoms with van der Waals surface area (Å²) in [6.07, 6.45) is 3.93. The Bertz CT molecular complexity index is 1040. The number of hydrogen-bond donors (Lipinski definition) is 0. The molecule has 0 amide bonds. The molecule has 142 valence electrons. The van der Waals surface area contributed by atoms with Crippen molar-refractivity contribution in [3.05, 3.63) is 41.7 Å². The molecule has 0 saturated carbocycles. The molecular weight excluding hydrogens is 382 g/mol. The number of fused-ring (bicyclic) bond motifs is 1. The van der Waals surface area contributed by atoms with Gasteiger partial charge in [0.15, 0.2) is 9.84 Å². The highest BCUT2D eigenvalue weighted by atomic mass is 32.2. The number of anilines is 1. The number of benzene rings is 1. The first-order valence-corrected chi connectivity index (χ1v) is 11.5. The summed E-state index contributed by atoms with van der Waals surface area (Å²) in [5, 5.41) is 0. The minimum absolute atomic E-state index is 0.149. The van der Waals surface area contributed by atoms with E-state index < -0.39 is 9.84 Å². The Morgan fingerprint density at radius 2 is 1.78 bits per heavy atom. The van der Waals surface area contributed by atoms with Gasteiger partial charge in [0.2, 0.25) is 5.95 Å². The van der Waals surface area contributed by atoms with Gasteiger partial charge in [-0.05, 0) is 24.6 Å². The van der Waals surface area contributed by atoms with Crippen molar-refractivity contribution in [3.8, 4) is 0 Å². The molecule has 27 heavy (non-hydrogen) atoms. The number of thiazole rings is 1. The van der Waals surface area contributed by atoms with Crippen LogP contribution in [0, 0.1) is 0 Å². The van der Waals surface area contributed by atoms with Crippen molar-refractivity contribution < 1.29 is 8.42 Å². The van der Waals surface area contributed by atoms with Crippen LogP contribution in [0.1, 0.15) is 18.5 Å². The van der Waals surface area contributed by atoms with Gasteiger partial charge in [0.1, 0.15) is 4.90 Å². The summed E-state index contributed by atoms with van der Waals surface area (Å²) in [5.74, 6) is 0.582. The first-order valence-electron chi connectivity index (χ1n) is 8.76. The van der Waals surface area contributed by atoms with Crippen molar-refractivity contribution >= 4 is 37.3 Å². The van der Waals surface area contributed by atoms with Crippen molar-refractivity contribution in [1.29, 1.82) is 0 Å². The Morgan fingerprint density at radius 1 is 1.07 bits per heavy atom. The van der Waals surface area contributed by atoms with Crippen LogP contribution in [0.2, 0.25) is 0 Å². The van der Waals surface area contributed by atoms with Crippen LogP contribution in [0.15, 0.2) is 41.0 Å². The Hall–Kier alpha value is -2.10. The molecule has 0 N–H and O–H groups in total. The highest BCUT2D eigenvalue weighted by Crippen LogP contribution is 2.27. The molecular formula is C18H21N5O2S2. The van der Waals surface area contributed by atoms with E-state index in [9.17, 15) is 8.42 Å². The van der Waals surface area contributed by atoms with E-state index in [1.807, 2.05) is 5.51 Å². The number of hydrogen-bond acceptors (Lipinski definition) is 8.